The van der Waals surface area contributed by atoms with Crippen LogP contribution in [-0.2, 0) is 19.1 Å². The minimum Gasteiger partial charge on any atom is -0.381 e. The Hall–Kier alpha value is -3.23. The van der Waals surface area contributed by atoms with E-state index in [4.69, 9.17) is 4.74 Å². The molecule has 5 atom stereocenters. The highest BCUT2D eigenvalue weighted by Gasteiger charge is 2.43. The van der Waals surface area contributed by atoms with Crippen LogP contribution in [0.4, 0.5) is 0 Å². The standard InChI is InChI=1S/C30H38N4O4/c1-21(35)31-28(23-10-6-3-7-11-23)30(37)34-18-25-16-33(17-26(25)19-34)14-12-27(22-8-4-2-5-9-22)32-29(36)24-13-15-38-20-24/h2-11,24-28H,12-20H2,1H3,(H,31,35)(H,32,36)/t24?,25?,26?,27?,28-/m0/s1. The van der Waals surface area contributed by atoms with E-state index < -0.39 is 6.04 Å². The molecule has 3 amide bonds. The van der Waals surface area contributed by atoms with Crippen molar-refractivity contribution in [3.8, 4) is 0 Å². The van der Waals surface area contributed by atoms with Gasteiger partial charge in [0.05, 0.1) is 18.6 Å². The van der Waals surface area contributed by atoms with Crippen molar-refractivity contribution in [2.75, 3.05) is 45.9 Å². The summed E-state index contributed by atoms with van der Waals surface area (Å²) < 4.78 is 5.42. The van der Waals surface area contributed by atoms with Crippen molar-refractivity contribution >= 4 is 17.7 Å². The average Bonchev–Trinajstić information content (AvgIpc) is 3.67. The lowest BCUT2D eigenvalue weighted by Crippen LogP contribution is -2.42. The second-order valence-corrected chi connectivity index (χ2v) is 10.9. The van der Waals surface area contributed by atoms with Crippen LogP contribution < -0.4 is 10.6 Å². The Morgan fingerprint density at radius 1 is 0.895 bits per heavy atom. The van der Waals surface area contributed by atoms with Crippen LogP contribution in [0, 0.1) is 17.8 Å². The Morgan fingerprint density at radius 2 is 1.53 bits per heavy atom. The fourth-order valence-electron chi connectivity index (χ4n) is 6.12. The van der Waals surface area contributed by atoms with E-state index >= 15 is 0 Å². The SMILES string of the molecule is CC(=O)N[C@H](C(=O)N1CC2CN(CCC(NC(=O)C3CCOC3)c3ccccc3)CC2C1)c1ccccc1. The number of fused-ring (bicyclic) bond motifs is 1. The number of carbonyl (C=O) groups is 3. The molecule has 202 valence electrons. The molecule has 3 fully saturated rings. The summed E-state index contributed by atoms with van der Waals surface area (Å²) in [5.74, 6) is 0.624. The molecule has 3 aliphatic heterocycles. The zero-order valence-electron chi connectivity index (χ0n) is 22.1. The fourth-order valence-corrected chi connectivity index (χ4v) is 6.12. The van der Waals surface area contributed by atoms with Crippen LogP contribution in [0.25, 0.3) is 0 Å². The van der Waals surface area contributed by atoms with Crippen LogP contribution in [0.1, 0.15) is 43.0 Å². The highest BCUT2D eigenvalue weighted by Crippen LogP contribution is 2.33. The van der Waals surface area contributed by atoms with E-state index in [2.05, 4.69) is 27.7 Å². The molecular formula is C30H38N4O4. The van der Waals surface area contributed by atoms with Crippen molar-refractivity contribution in [3.05, 3.63) is 71.8 Å². The lowest BCUT2D eigenvalue weighted by molar-refractivity contribution is -0.135. The van der Waals surface area contributed by atoms with Gasteiger partial charge in [-0.1, -0.05) is 60.7 Å². The topological polar surface area (TPSA) is 91.0 Å². The molecule has 2 aromatic rings. The van der Waals surface area contributed by atoms with Gasteiger partial charge in [-0.2, -0.15) is 0 Å². The van der Waals surface area contributed by atoms with Crippen molar-refractivity contribution in [3.63, 3.8) is 0 Å². The Bertz CT molecular complexity index is 1090. The molecule has 0 bridgehead atoms. The van der Waals surface area contributed by atoms with Crippen LogP contribution in [-0.4, -0.2) is 73.5 Å². The highest BCUT2D eigenvalue weighted by atomic mass is 16.5. The molecule has 3 aliphatic rings. The third-order valence-electron chi connectivity index (χ3n) is 8.15. The number of amides is 3. The van der Waals surface area contributed by atoms with Crippen LogP contribution in [0.3, 0.4) is 0 Å². The number of nitrogens with one attached hydrogen (secondary N) is 2. The maximum absolute atomic E-state index is 13.4. The summed E-state index contributed by atoms with van der Waals surface area (Å²) in [6.07, 6.45) is 1.62. The third-order valence-corrected chi connectivity index (χ3v) is 8.15. The van der Waals surface area contributed by atoms with Crippen molar-refractivity contribution in [2.24, 2.45) is 17.8 Å². The van der Waals surface area contributed by atoms with Crippen molar-refractivity contribution in [1.82, 2.24) is 20.4 Å². The Labute approximate surface area is 224 Å². The van der Waals surface area contributed by atoms with Gasteiger partial charge in [0, 0.05) is 46.3 Å². The van der Waals surface area contributed by atoms with Gasteiger partial charge in [-0.05, 0) is 35.8 Å². The zero-order valence-corrected chi connectivity index (χ0v) is 22.1. The summed E-state index contributed by atoms with van der Waals surface area (Å²) in [5.41, 5.74) is 1.94. The molecule has 4 unspecified atom stereocenters. The number of benzene rings is 2. The molecular weight excluding hydrogens is 480 g/mol. The van der Waals surface area contributed by atoms with E-state index in [-0.39, 0.29) is 29.7 Å². The molecule has 0 spiro atoms. The first-order chi connectivity index (χ1) is 18.5. The summed E-state index contributed by atoms with van der Waals surface area (Å²) in [6.45, 7) is 6.80. The maximum Gasteiger partial charge on any atom is 0.249 e. The van der Waals surface area contributed by atoms with Crippen molar-refractivity contribution < 1.29 is 19.1 Å². The fraction of sp³-hybridized carbons (Fsp3) is 0.500. The number of carbonyl (C=O) groups excluding carboxylic acids is 3. The van der Waals surface area contributed by atoms with Crippen molar-refractivity contribution in [2.45, 2.75) is 31.8 Å². The molecule has 0 aliphatic carbocycles. The summed E-state index contributed by atoms with van der Waals surface area (Å²) in [7, 11) is 0. The summed E-state index contributed by atoms with van der Waals surface area (Å²) in [5, 5.41) is 6.13. The summed E-state index contributed by atoms with van der Waals surface area (Å²) in [6, 6.07) is 19.0. The first kappa shape index (κ1) is 26.4. The van der Waals surface area contributed by atoms with Crippen molar-refractivity contribution in [1.29, 1.82) is 0 Å². The predicted molar refractivity (Wildman–Crippen MR) is 144 cm³/mol. The lowest BCUT2D eigenvalue weighted by Gasteiger charge is -2.27. The second kappa shape index (κ2) is 12.1. The lowest BCUT2D eigenvalue weighted by atomic mass is 10.0. The quantitative estimate of drug-likeness (QED) is 0.533. The number of rotatable bonds is 9. The van der Waals surface area contributed by atoms with Crippen LogP contribution in [0.2, 0.25) is 0 Å². The van der Waals surface area contributed by atoms with E-state index in [0.717, 1.165) is 43.6 Å². The monoisotopic (exact) mass is 518 g/mol. The van der Waals surface area contributed by atoms with Gasteiger partial charge in [0.1, 0.15) is 6.04 Å². The minimum atomic E-state index is -0.649. The molecule has 0 aromatic heterocycles. The van der Waals surface area contributed by atoms with E-state index in [9.17, 15) is 14.4 Å². The molecule has 8 heteroatoms. The number of ether oxygens (including phenoxy) is 1. The molecule has 3 heterocycles. The minimum absolute atomic E-state index is 0.0323. The maximum atomic E-state index is 13.4. The predicted octanol–water partition coefficient (Wildman–Crippen LogP) is 2.54. The number of hydrogen-bond donors (Lipinski definition) is 2. The van der Waals surface area contributed by atoms with Gasteiger partial charge in [0.15, 0.2) is 0 Å². The van der Waals surface area contributed by atoms with Gasteiger partial charge < -0.3 is 25.2 Å². The smallest absolute Gasteiger partial charge is 0.249 e. The molecule has 38 heavy (non-hydrogen) atoms. The van der Waals surface area contributed by atoms with Crippen LogP contribution in [0.15, 0.2) is 60.7 Å². The van der Waals surface area contributed by atoms with Gasteiger partial charge in [-0.25, -0.2) is 0 Å². The first-order valence-corrected chi connectivity index (χ1v) is 13.7. The third kappa shape index (κ3) is 6.25. The van der Waals surface area contributed by atoms with Gasteiger partial charge in [-0.3, -0.25) is 14.4 Å². The van der Waals surface area contributed by atoms with Gasteiger partial charge in [-0.15, -0.1) is 0 Å². The van der Waals surface area contributed by atoms with E-state index in [0.29, 0.717) is 38.1 Å². The molecule has 8 nitrogen and oxygen atoms in total. The summed E-state index contributed by atoms with van der Waals surface area (Å²) in [4.78, 5) is 42.5. The molecule has 0 saturated carbocycles. The van der Waals surface area contributed by atoms with Gasteiger partial charge in [0.25, 0.3) is 0 Å². The summed E-state index contributed by atoms with van der Waals surface area (Å²) >= 11 is 0. The number of hydrogen-bond acceptors (Lipinski definition) is 5. The Morgan fingerprint density at radius 3 is 2.11 bits per heavy atom. The van der Waals surface area contributed by atoms with Gasteiger partial charge in [0.2, 0.25) is 17.7 Å². The largest absolute Gasteiger partial charge is 0.381 e. The van der Waals surface area contributed by atoms with E-state index in [1.165, 1.54) is 6.92 Å². The first-order valence-electron chi connectivity index (χ1n) is 13.7. The highest BCUT2D eigenvalue weighted by molar-refractivity contribution is 5.88. The molecule has 2 N–H and O–H groups in total. The number of likely N-dealkylation sites (tertiary alicyclic amines) is 2. The van der Waals surface area contributed by atoms with Crippen LogP contribution >= 0.6 is 0 Å². The molecule has 3 saturated heterocycles. The zero-order chi connectivity index (χ0) is 26.5. The molecule has 0 radical (unpaired) electrons. The van der Waals surface area contributed by atoms with E-state index in [1.807, 2.05) is 53.4 Å². The van der Waals surface area contributed by atoms with E-state index in [1.54, 1.807) is 0 Å². The molecule has 5 rings (SSSR count). The molecule has 2 aromatic carbocycles. The normalized spacial score (nSPS) is 24.6. The van der Waals surface area contributed by atoms with Gasteiger partial charge >= 0.3 is 0 Å². The second-order valence-electron chi connectivity index (χ2n) is 10.9. The Balaban J connectivity index is 1.16. The van der Waals surface area contributed by atoms with Crippen LogP contribution in [0.5, 0.6) is 0 Å². The number of nitrogens with zero attached hydrogens (tertiary/aromatic N) is 2. The average molecular weight is 519 g/mol. The Kier molecular flexibility index (Phi) is 8.39.